The summed E-state index contributed by atoms with van der Waals surface area (Å²) in [6, 6.07) is 10.9. The molecule has 0 spiro atoms. The molecule has 0 N–H and O–H groups in total. The molecule has 2 aliphatic heterocycles. The summed E-state index contributed by atoms with van der Waals surface area (Å²) in [4.78, 5) is 0. The van der Waals surface area contributed by atoms with E-state index in [2.05, 4.69) is 0 Å². The second kappa shape index (κ2) is 14.6. The van der Waals surface area contributed by atoms with Crippen molar-refractivity contribution < 1.29 is 27.4 Å². The highest BCUT2D eigenvalue weighted by molar-refractivity contribution is 6.62. The van der Waals surface area contributed by atoms with Gasteiger partial charge < -0.3 is 18.6 Å². The third-order valence-electron chi connectivity index (χ3n) is 9.57. The minimum atomic E-state index is -0.672. The maximum absolute atomic E-state index is 14.9. The van der Waals surface area contributed by atoms with Crippen LogP contribution in [0.5, 0.6) is 0 Å². The molecule has 0 atom stereocenters. The number of benzene rings is 2. The molecule has 4 rings (SSSR count). The van der Waals surface area contributed by atoms with E-state index in [9.17, 15) is 8.78 Å². The van der Waals surface area contributed by atoms with Gasteiger partial charge in [-0.3, -0.25) is 0 Å². The quantitative estimate of drug-likeness (QED) is 0.183. The molecular weight excluding hydrogens is 544 g/mol. The third-order valence-corrected chi connectivity index (χ3v) is 9.57. The lowest BCUT2D eigenvalue weighted by Gasteiger charge is -2.32. The molecule has 0 unspecified atom stereocenters. The maximum atomic E-state index is 14.9. The van der Waals surface area contributed by atoms with E-state index in [4.69, 9.17) is 18.6 Å². The number of hydrogen-bond acceptors (Lipinski definition) is 4. The summed E-state index contributed by atoms with van der Waals surface area (Å²) in [5, 5.41) is 0. The fraction of sp³-hybridized carbons (Fsp3) is 0.657. The van der Waals surface area contributed by atoms with Crippen LogP contribution in [0.25, 0.3) is 0 Å². The Morgan fingerprint density at radius 1 is 0.488 bits per heavy atom. The van der Waals surface area contributed by atoms with Crippen molar-refractivity contribution in [3.8, 4) is 0 Å². The van der Waals surface area contributed by atoms with Crippen LogP contribution < -0.4 is 10.9 Å². The molecule has 2 fully saturated rings. The highest BCUT2D eigenvalue weighted by atomic mass is 19.1. The van der Waals surface area contributed by atoms with Gasteiger partial charge in [0.2, 0.25) is 0 Å². The van der Waals surface area contributed by atoms with Gasteiger partial charge in [0.05, 0.1) is 22.4 Å². The van der Waals surface area contributed by atoms with Crippen molar-refractivity contribution >= 4 is 25.2 Å². The van der Waals surface area contributed by atoms with Gasteiger partial charge in [-0.05, 0) is 104 Å². The number of halogens is 2. The molecular formula is C35H54B2F2O4. The second-order valence-electron chi connectivity index (χ2n) is 13.9. The molecule has 8 heteroatoms. The Labute approximate surface area is 260 Å². The Kier molecular flexibility index (Phi) is 12.1. The summed E-state index contributed by atoms with van der Waals surface area (Å²) in [5.41, 5.74) is 1.03. The highest BCUT2D eigenvalue weighted by Crippen LogP contribution is 2.37. The van der Waals surface area contributed by atoms with Gasteiger partial charge in [-0.15, -0.1) is 0 Å². The zero-order chi connectivity index (χ0) is 32.1. The monoisotopic (exact) mass is 598 g/mol. The molecule has 0 bridgehead atoms. The van der Waals surface area contributed by atoms with E-state index in [-0.39, 0.29) is 11.6 Å². The van der Waals surface area contributed by atoms with E-state index in [1.54, 1.807) is 12.1 Å². The molecule has 0 aliphatic carbocycles. The van der Waals surface area contributed by atoms with E-state index < -0.39 is 36.6 Å². The Morgan fingerprint density at radius 3 is 1.05 bits per heavy atom. The van der Waals surface area contributed by atoms with Crippen LogP contribution in [-0.2, 0) is 31.5 Å². The van der Waals surface area contributed by atoms with Crippen molar-refractivity contribution in [3.63, 3.8) is 0 Å². The van der Waals surface area contributed by atoms with Crippen LogP contribution in [0.4, 0.5) is 8.78 Å². The van der Waals surface area contributed by atoms with E-state index in [1.165, 1.54) is 19.3 Å². The van der Waals surface area contributed by atoms with Gasteiger partial charge in [0, 0.05) is 10.9 Å². The first-order chi connectivity index (χ1) is 20.1. The van der Waals surface area contributed by atoms with Gasteiger partial charge in [-0.25, -0.2) is 8.78 Å². The topological polar surface area (TPSA) is 36.9 Å². The van der Waals surface area contributed by atoms with Gasteiger partial charge in [0.25, 0.3) is 0 Å². The normalized spacial score (nSPS) is 19.8. The van der Waals surface area contributed by atoms with Crippen LogP contribution >= 0.6 is 0 Å². The smallest absolute Gasteiger partial charge is 0.399 e. The highest BCUT2D eigenvalue weighted by Gasteiger charge is 2.53. The van der Waals surface area contributed by atoms with Crippen LogP contribution in [-0.4, -0.2) is 36.6 Å². The number of aryl methyl sites for hydroxylation is 2. The number of hydrogen-bond donors (Lipinski definition) is 0. The first-order valence-electron chi connectivity index (χ1n) is 16.4. The Balaban J connectivity index is 0.00000248. The van der Waals surface area contributed by atoms with E-state index in [0.717, 1.165) is 49.7 Å². The van der Waals surface area contributed by atoms with Crippen molar-refractivity contribution in [2.75, 3.05) is 0 Å². The molecule has 238 valence electrons. The van der Waals surface area contributed by atoms with E-state index in [0.29, 0.717) is 10.9 Å². The maximum Gasteiger partial charge on any atom is 0.497 e. The van der Waals surface area contributed by atoms with Crippen LogP contribution in [0.2, 0.25) is 0 Å². The van der Waals surface area contributed by atoms with E-state index in [1.807, 2.05) is 93.5 Å². The fourth-order valence-corrected chi connectivity index (χ4v) is 5.32. The molecule has 0 saturated carbocycles. The number of rotatable bonds is 12. The zero-order valence-corrected chi connectivity index (χ0v) is 28.4. The summed E-state index contributed by atoms with van der Waals surface area (Å²) >= 11 is 0. The van der Waals surface area contributed by atoms with Crippen molar-refractivity contribution in [3.05, 3.63) is 59.2 Å². The summed E-state index contributed by atoms with van der Waals surface area (Å²) < 4.78 is 53.7. The zero-order valence-electron chi connectivity index (χ0n) is 28.4. The molecule has 0 amide bonds. The average molecular weight is 598 g/mol. The summed E-state index contributed by atoms with van der Waals surface area (Å²) in [6.45, 7) is 19.8. The van der Waals surface area contributed by atoms with Gasteiger partial charge >= 0.3 is 14.2 Å². The predicted molar refractivity (Wildman–Crippen MR) is 175 cm³/mol. The SMILES string of the molecule is CC.CC1(C)OB(c2ccc(CCCCCCCCCc3ccc(B4OC(C)(C)C(C)(C)O4)c(F)c3)cc2F)OC1(C)C. The third kappa shape index (κ3) is 8.71. The van der Waals surface area contributed by atoms with Gasteiger partial charge in [-0.2, -0.15) is 0 Å². The first-order valence-corrected chi connectivity index (χ1v) is 16.4. The lowest BCUT2D eigenvalue weighted by molar-refractivity contribution is 0.00578. The molecule has 4 nitrogen and oxygen atoms in total. The number of unbranched alkanes of at least 4 members (excludes halogenated alkanes) is 6. The van der Waals surface area contributed by atoms with E-state index >= 15 is 0 Å². The van der Waals surface area contributed by atoms with Gasteiger partial charge in [0.15, 0.2) is 0 Å². The molecule has 43 heavy (non-hydrogen) atoms. The van der Waals surface area contributed by atoms with Crippen molar-refractivity contribution in [2.45, 2.75) is 149 Å². The minimum absolute atomic E-state index is 0.261. The first kappa shape index (κ1) is 35.7. The van der Waals surface area contributed by atoms with Crippen LogP contribution in [0.3, 0.4) is 0 Å². The standard InChI is InChI=1S/C33H48B2F2O4.C2H6/c1-30(2)31(3,4)39-34(38-30)26-20-18-24(22-28(26)36)16-14-12-10-9-11-13-15-17-25-19-21-27(29(37)23-25)35-40-32(5,6)33(7,8)41-35;1-2/h18-23H,9-17H2,1-8H3;1-2H3. The fourth-order valence-electron chi connectivity index (χ4n) is 5.32. The van der Waals surface area contributed by atoms with Crippen molar-refractivity contribution in [1.82, 2.24) is 0 Å². The van der Waals surface area contributed by atoms with Crippen molar-refractivity contribution in [1.29, 1.82) is 0 Å². The summed E-state index contributed by atoms with van der Waals surface area (Å²) in [6.07, 6.45) is 9.62. The molecule has 0 radical (unpaired) electrons. The summed E-state index contributed by atoms with van der Waals surface area (Å²) in [5.74, 6) is -0.521. The van der Waals surface area contributed by atoms with Gasteiger partial charge in [0.1, 0.15) is 11.6 Å². The van der Waals surface area contributed by atoms with Crippen LogP contribution in [0.1, 0.15) is 125 Å². The average Bonchev–Trinajstić information content (AvgIpc) is 3.27. The molecule has 2 aliphatic rings. The molecule has 2 saturated heterocycles. The Hall–Kier alpha value is -1.73. The Morgan fingerprint density at radius 2 is 0.767 bits per heavy atom. The van der Waals surface area contributed by atoms with Crippen molar-refractivity contribution in [2.24, 2.45) is 0 Å². The largest absolute Gasteiger partial charge is 0.497 e. The second-order valence-corrected chi connectivity index (χ2v) is 13.9. The minimum Gasteiger partial charge on any atom is -0.399 e. The Bertz CT molecular complexity index is 1070. The predicted octanol–water partition coefficient (Wildman–Crippen LogP) is 8.11. The molecule has 2 heterocycles. The van der Waals surface area contributed by atoms with Crippen LogP contribution in [0, 0.1) is 11.6 Å². The lowest BCUT2D eigenvalue weighted by atomic mass is 9.78. The van der Waals surface area contributed by atoms with Crippen LogP contribution in [0.15, 0.2) is 36.4 Å². The summed E-state index contributed by atoms with van der Waals surface area (Å²) in [7, 11) is -1.34. The molecule has 0 aromatic heterocycles. The molecule has 2 aromatic rings. The molecule has 2 aromatic carbocycles. The lowest BCUT2D eigenvalue weighted by Crippen LogP contribution is -2.41. The van der Waals surface area contributed by atoms with Gasteiger partial charge in [-0.1, -0.05) is 70.2 Å².